The fourth-order valence-electron chi connectivity index (χ4n) is 2.86. The third-order valence-electron chi connectivity index (χ3n) is 4.40. The molecule has 0 fully saturated rings. The van der Waals surface area contributed by atoms with E-state index < -0.39 is 0 Å². The Morgan fingerprint density at radius 3 is 3.03 bits per heavy atom. The Kier molecular flexibility index (Phi) is 6.94. The van der Waals surface area contributed by atoms with Crippen LogP contribution >= 0.6 is 11.8 Å². The van der Waals surface area contributed by atoms with E-state index in [0.29, 0.717) is 25.0 Å². The molecule has 29 heavy (non-hydrogen) atoms. The van der Waals surface area contributed by atoms with Crippen LogP contribution in [0.3, 0.4) is 0 Å². The zero-order chi connectivity index (χ0) is 20.7. The first-order valence-corrected chi connectivity index (χ1v) is 10.7. The van der Waals surface area contributed by atoms with Crippen LogP contribution in [0.25, 0.3) is 0 Å². The molecule has 0 aromatic carbocycles. The van der Waals surface area contributed by atoms with Crippen LogP contribution in [-0.2, 0) is 10.5 Å². The van der Waals surface area contributed by atoms with E-state index in [1.165, 1.54) is 0 Å². The second kappa shape index (κ2) is 9.61. The molecular weight excluding hydrogens is 384 g/mol. The van der Waals surface area contributed by atoms with E-state index in [-0.39, 0.29) is 11.5 Å². The van der Waals surface area contributed by atoms with Crippen molar-refractivity contribution in [2.24, 2.45) is 15.9 Å². The third-order valence-corrected chi connectivity index (χ3v) is 5.37. The molecule has 7 nitrogen and oxygen atoms in total. The minimum Gasteiger partial charge on any atom is -0.475 e. The van der Waals surface area contributed by atoms with E-state index >= 15 is 0 Å². The van der Waals surface area contributed by atoms with Crippen LogP contribution in [0.5, 0.6) is 0 Å². The van der Waals surface area contributed by atoms with Crippen LogP contribution in [0.15, 0.2) is 58.4 Å². The first-order valence-electron chi connectivity index (χ1n) is 9.57. The quantitative estimate of drug-likeness (QED) is 0.255. The maximum atomic E-state index is 9.14. The number of nitrogens with one attached hydrogen (secondary N) is 1. The van der Waals surface area contributed by atoms with Crippen molar-refractivity contribution in [1.82, 2.24) is 15.2 Å². The third kappa shape index (κ3) is 5.84. The number of nitriles is 1. The molecule has 1 atom stereocenters. The summed E-state index contributed by atoms with van der Waals surface area (Å²) in [6, 6.07) is 5.92. The number of thioether (sulfide) groups is 1. The van der Waals surface area contributed by atoms with Crippen molar-refractivity contribution >= 4 is 23.6 Å². The predicted octanol–water partition coefficient (Wildman–Crippen LogP) is 3.30. The average molecular weight is 411 g/mol. The summed E-state index contributed by atoms with van der Waals surface area (Å²) in [5.74, 6) is 3.01. The molecule has 8 heteroatoms. The normalized spacial score (nSPS) is 20.6. The van der Waals surface area contributed by atoms with Crippen LogP contribution in [0.1, 0.15) is 26.5 Å². The van der Waals surface area contributed by atoms with Crippen LogP contribution < -0.4 is 5.32 Å². The first-order chi connectivity index (χ1) is 14.0. The van der Waals surface area contributed by atoms with Gasteiger partial charge in [0.15, 0.2) is 6.19 Å². The molecule has 0 saturated heterocycles. The number of aliphatic imine (C=N–C) groups is 2. The first kappa shape index (κ1) is 20.9. The van der Waals surface area contributed by atoms with Gasteiger partial charge in [0.2, 0.25) is 11.9 Å². The molecule has 2 aliphatic rings. The van der Waals surface area contributed by atoms with E-state index in [4.69, 9.17) is 10.00 Å². The molecule has 1 unspecified atom stereocenters. The van der Waals surface area contributed by atoms with E-state index in [1.54, 1.807) is 18.0 Å². The molecule has 0 aliphatic carbocycles. The Labute approximate surface area is 176 Å². The Morgan fingerprint density at radius 1 is 1.48 bits per heavy atom. The number of guanidine groups is 1. The summed E-state index contributed by atoms with van der Waals surface area (Å²) < 4.78 is 5.81. The van der Waals surface area contributed by atoms with Gasteiger partial charge in [-0.1, -0.05) is 19.1 Å². The van der Waals surface area contributed by atoms with E-state index in [1.807, 2.05) is 41.7 Å². The van der Waals surface area contributed by atoms with Crippen LogP contribution in [0.4, 0.5) is 0 Å². The topological polar surface area (TPSA) is 85.9 Å². The summed E-state index contributed by atoms with van der Waals surface area (Å²) in [5.41, 5.74) is 1.82. The Balaban J connectivity index is 1.63. The second-order valence-corrected chi connectivity index (χ2v) is 8.56. The smallest absolute Gasteiger partial charge is 0.215 e. The van der Waals surface area contributed by atoms with Gasteiger partial charge in [0.25, 0.3) is 0 Å². The number of allylic oxidation sites excluding steroid dienone is 1. The lowest BCUT2D eigenvalue weighted by Crippen LogP contribution is -2.35. The molecule has 1 aromatic heterocycles. The second-order valence-electron chi connectivity index (χ2n) is 7.46. The lowest BCUT2D eigenvalue weighted by atomic mass is 9.99. The van der Waals surface area contributed by atoms with E-state index in [0.717, 1.165) is 22.8 Å². The highest BCUT2D eigenvalue weighted by atomic mass is 32.2. The standard InChI is InChI=1S/C21H26N6OS/c1-16-7-10-27(12-18(16)19-26-21(2,3)14-28-19)20(25-15-22)24-9-11-29-13-17-6-4-5-8-23-17/h4-8,10,12,16H,9,11,13-14H2,1-3H3,(H,24,25). The number of pyridine rings is 1. The molecule has 1 aromatic rings. The highest BCUT2D eigenvalue weighted by Gasteiger charge is 2.31. The summed E-state index contributed by atoms with van der Waals surface area (Å²) in [7, 11) is 0. The molecule has 1 N–H and O–H groups in total. The number of aromatic nitrogens is 1. The highest BCUT2D eigenvalue weighted by Crippen LogP contribution is 2.27. The highest BCUT2D eigenvalue weighted by molar-refractivity contribution is 7.98. The van der Waals surface area contributed by atoms with Crippen LogP contribution in [0, 0.1) is 17.4 Å². The van der Waals surface area contributed by atoms with Gasteiger partial charge in [0.1, 0.15) is 6.61 Å². The average Bonchev–Trinajstić information content (AvgIpc) is 3.08. The molecule has 0 bridgehead atoms. The fourth-order valence-corrected chi connectivity index (χ4v) is 3.61. The van der Waals surface area contributed by atoms with Gasteiger partial charge in [-0.05, 0) is 26.0 Å². The molecule has 0 saturated carbocycles. The molecule has 2 aliphatic heterocycles. The van der Waals surface area contributed by atoms with Gasteiger partial charge < -0.3 is 4.74 Å². The van der Waals surface area contributed by atoms with Crippen molar-refractivity contribution in [2.75, 3.05) is 18.9 Å². The monoisotopic (exact) mass is 410 g/mol. The van der Waals surface area contributed by atoms with Gasteiger partial charge in [0, 0.05) is 41.6 Å². The SMILES string of the molecule is CC1C=CN(C(=NCCSCc2ccccn2)NC#N)C=C1C1=NC(C)(C)CO1. The minimum absolute atomic E-state index is 0.177. The number of ether oxygens (including phenoxy) is 1. The number of hydrogen-bond donors (Lipinski definition) is 1. The van der Waals surface area contributed by atoms with Gasteiger partial charge in [-0.15, -0.1) is 0 Å². The van der Waals surface area contributed by atoms with Crippen molar-refractivity contribution in [3.05, 3.63) is 54.1 Å². The summed E-state index contributed by atoms with van der Waals surface area (Å²) in [5, 5.41) is 11.8. The molecule has 0 radical (unpaired) electrons. The molecule has 3 rings (SSSR count). The Hall–Kier alpha value is -2.79. The predicted molar refractivity (Wildman–Crippen MR) is 117 cm³/mol. The molecule has 152 valence electrons. The Morgan fingerprint density at radius 2 is 2.34 bits per heavy atom. The molecular formula is C21H26N6OS. The summed E-state index contributed by atoms with van der Waals surface area (Å²) >= 11 is 1.76. The van der Waals surface area contributed by atoms with E-state index in [2.05, 4.69) is 47.1 Å². The van der Waals surface area contributed by atoms with Gasteiger partial charge in [-0.25, -0.2) is 4.99 Å². The number of rotatable bonds is 6. The maximum absolute atomic E-state index is 9.14. The maximum Gasteiger partial charge on any atom is 0.215 e. The molecule has 3 heterocycles. The van der Waals surface area contributed by atoms with Crippen LogP contribution in [0.2, 0.25) is 0 Å². The van der Waals surface area contributed by atoms with Crippen molar-refractivity contribution in [2.45, 2.75) is 32.1 Å². The zero-order valence-electron chi connectivity index (χ0n) is 17.0. The largest absolute Gasteiger partial charge is 0.475 e. The van der Waals surface area contributed by atoms with Crippen molar-refractivity contribution < 1.29 is 4.74 Å². The van der Waals surface area contributed by atoms with Gasteiger partial charge in [-0.2, -0.15) is 17.0 Å². The van der Waals surface area contributed by atoms with E-state index in [9.17, 15) is 0 Å². The lowest BCUT2D eigenvalue weighted by Gasteiger charge is -2.25. The number of nitrogens with zero attached hydrogens (tertiary/aromatic N) is 5. The van der Waals surface area contributed by atoms with Crippen LogP contribution in [-0.4, -0.2) is 46.2 Å². The summed E-state index contributed by atoms with van der Waals surface area (Å²) in [6.45, 7) is 7.36. The van der Waals surface area contributed by atoms with Gasteiger partial charge in [-0.3, -0.25) is 20.2 Å². The van der Waals surface area contributed by atoms with Gasteiger partial charge >= 0.3 is 0 Å². The van der Waals surface area contributed by atoms with Crippen molar-refractivity contribution in [1.29, 1.82) is 5.26 Å². The summed E-state index contributed by atoms with van der Waals surface area (Å²) in [6.07, 6.45) is 9.69. The summed E-state index contributed by atoms with van der Waals surface area (Å²) in [4.78, 5) is 15.4. The lowest BCUT2D eigenvalue weighted by molar-refractivity contribution is 0.277. The Bertz CT molecular complexity index is 869. The van der Waals surface area contributed by atoms with Gasteiger partial charge in [0.05, 0.1) is 17.8 Å². The zero-order valence-corrected chi connectivity index (χ0v) is 17.8. The van der Waals surface area contributed by atoms with Crippen molar-refractivity contribution in [3.8, 4) is 6.19 Å². The fraction of sp³-hybridized carbons (Fsp3) is 0.429. The minimum atomic E-state index is -0.214. The molecule has 0 amide bonds. The number of hydrogen-bond acceptors (Lipinski definition) is 6. The molecule has 0 spiro atoms. The van der Waals surface area contributed by atoms with Crippen molar-refractivity contribution in [3.63, 3.8) is 0 Å².